The first-order chi connectivity index (χ1) is 12.0. The van der Waals surface area contributed by atoms with Gasteiger partial charge in [0.1, 0.15) is 18.8 Å². The Labute approximate surface area is 146 Å². The van der Waals surface area contributed by atoms with Gasteiger partial charge in [-0.2, -0.15) is 0 Å². The van der Waals surface area contributed by atoms with Gasteiger partial charge in [-0.1, -0.05) is 31.2 Å². The van der Waals surface area contributed by atoms with Crippen molar-refractivity contribution in [3.05, 3.63) is 42.0 Å². The number of ether oxygens (including phenoxy) is 1. The van der Waals surface area contributed by atoms with Gasteiger partial charge in [0.2, 0.25) is 5.91 Å². The molecule has 1 aliphatic rings. The molecule has 7 heteroatoms. The van der Waals surface area contributed by atoms with Gasteiger partial charge in [-0.3, -0.25) is 4.79 Å². The molecule has 3 rings (SSSR count). The van der Waals surface area contributed by atoms with Crippen LogP contribution in [0.15, 0.2) is 30.5 Å². The van der Waals surface area contributed by atoms with Gasteiger partial charge in [0, 0.05) is 13.1 Å². The summed E-state index contributed by atoms with van der Waals surface area (Å²) in [6, 6.07) is 6.20. The quantitative estimate of drug-likeness (QED) is 0.835. The molecule has 1 aromatic carbocycles. The van der Waals surface area contributed by atoms with Crippen molar-refractivity contribution in [2.24, 2.45) is 11.8 Å². The Morgan fingerprint density at radius 3 is 2.72 bits per heavy atom. The fourth-order valence-corrected chi connectivity index (χ4v) is 3.30. The number of halogens is 1. The Morgan fingerprint density at radius 1 is 1.28 bits per heavy atom. The highest BCUT2D eigenvalue weighted by molar-refractivity contribution is 5.76. The van der Waals surface area contributed by atoms with E-state index in [1.165, 1.54) is 10.7 Å². The van der Waals surface area contributed by atoms with Gasteiger partial charge in [-0.25, -0.2) is 9.07 Å². The molecule has 0 saturated carbocycles. The molecule has 0 unspecified atom stereocenters. The summed E-state index contributed by atoms with van der Waals surface area (Å²) in [4.78, 5) is 14.3. The zero-order valence-corrected chi connectivity index (χ0v) is 14.6. The molecule has 0 aliphatic carbocycles. The molecule has 1 amide bonds. The normalized spacial score (nSPS) is 20.5. The number of nitrogens with zero attached hydrogens (tertiary/aromatic N) is 4. The Morgan fingerprint density at radius 2 is 2.00 bits per heavy atom. The van der Waals surface area contributed by atoms with Gasteiger partial charge in [0.15, 0.2) is 11.6 Å². The van der Waals surface area contributed by atoms with Crippen molar-refractivity contribution in [3.8, 4) is 5.75 Å². The van der Waals surface area contributed by atoms with E-state index in [2.05, 4.69) is 24.2 Å². The lowest BCUT2D eigenvalue weighted by atomic mass is 9.92. The summed E-state index contributed by atoms with van der Waals surface area (Å²) in [6.45, 7) is 6.19. The predicted molar refractivity (Wildman–Crippen MR) is 90.3 cm³/mol. The lowest BCUT2D eigenvalue weighted by molar-refractivity contribution is -0.134. The number of benzene rings is 1. The summed E-state index contributed by atoms with van der Waals surface area (Å²) in [5, 5.41) is 7.95. The van der Waals surface area contributed by atoms with Gasteiger partial charge in [-0.05, 0) is 30.4 Å². The smallest absolute Gasteiger partial charge is 0.244 e. The third-order valence-electron chi connectivity index (χ3n) is 4.32. The molecule has 2 atom stereocenters. The summed E-state index contributed by atoms with van der Waals surface area (Å²) in [6.07, 6.45) is 2.82. The molecule has 134 valence electrons. The van der Waals surface area contributed by atoms with Crippen LogP contribution in [0.3, 0.4) is 0 Å². The van der Waals surface area contributed by atoms with Crippen LogP contribution < -0.4 is 4.74 Å². The van der Waals surface area contributed by atoms with E-state index in [1.807, 2.05) is 4.90 Å². The number of aromatic nitrogens is 3. The minimum atomic E-state index is -0.418. The first-order valence-electron chi connectivity index (χ1n) is 8.55. The van der Waals surface area contributed by atoms with E-state index in [0.29, 0.717) is 17.5 Å². The topological polar surface area (TPSA) is 60.2 Å². The van der Waals surface area contributed by atoms with Crippen molar-refractivity contribution in [1.82, 2.24) is 19.9 Å². The molecular weight excluding hydrogens is 323 g/mol. The predicted octanol–water partition coefficient (Wildman–Crippen LogP) is 2.50. The third kappa shape index (κ3) is 4.55. The lowest BCUT2D eigenvalue weighted by Crippen LogP contribution is -2.44. The van der Waals surface area contributed by atoms with Gasteiger partial charge in [0.05, 0.1) is 6.20 Å². The molecule has 0 bridgehead atoms. The van der Waals surface area contributed by atoms with E-state index in [4.69, 9.17) is 4.74 Å². The maximum atomic E-state index is 13.5. The Bertz CT molecular complexity index is 723. The molecule has 0 spiro atoms. The van der Waals surface area contributed by atoms with Gasteiger partial charge in [-0.15, -0.1) is 5.10 Å². The number of piperidine rings is 1. The largest absolute Gasteiger partial charge is 0.484 e. The first kappa shape index (κ1) is 17.4. The Kier molecular flexibility index (Phi) is 5.31. The maximum Gasteiger partial charge on any atom is 0.244 e. The minimum Gasteiger partial charge on any atom is -0.484 e. The van der Waals surface area contributed by atoms with Crippen LogP contribution in [0.2, 0.25) is 0 Å². The minimum absolute atomic E-state index is 0.0462. The van der Waals surface area contributed by atoms with Crippen LogP contribution in [0.4, 0.5) is 4.39 Å². The molecule has 0 N–H and O–H groups in total. The molecule has 1 fully saturated rings. The van der Waals surface area contributed by atoms with E-state index in [9.17, 15) is 9.18 Å². The summed E-state index contributed by atoms with van der Waals surface area (Å²) in [5.74, 6) is 0.842. The molecule has 0 radical (unpaired) electrons. The van der Waals surface area contributed by atoms with Crippen molar-refractivity contribution in [2.45, 2.75) is 33.4 Å². The second-order valence-electron chi connectivity index (χ2n) is 6.87. The second-order valence-corrected chi connectivity index (χ2v) is 6.87. The van der Waals surface area contributed by atoms with Crippen LogP contribution in [-0.2, 0) is 17.9 Å². The highest BCUT2D eigenvalue weighted by Gasteiger charge is 2.25. The number of amides is 1. The summed E-state index contributed by atoms with van der Waals surface area (Å²) < 4.78 is 20.4. The number of para-hydroxylation sites is 1. The van der Waals surface area contributed by atoms with Crippen LogP contribution in [0, 0.1) is 17.7 Å². The highest BCUT2D eigenvalue weighted by Crippen LogP contribution is 2.21. The molecule has 6 nitrogen and oxygen atoms in total. The first-order valence-corrected chi connectivity index (χ1v) is 8.55. The molecule has 2 heterocycles. The number of rotatable bonds is 5. The average molecular weight is 346 g/mol. The van der Waals surface area contributed by atoms with Gasteiger partial charge in [0.25, 0.3) is 0 Å². The van der Waals surface area contributed by atoms with Gasteiger partial charge >= 0.3 is 0 Å². The summed E-state index contributed by atoms with van der Waals surface area (Å²) in [7, 11) is 0. The average Bonchev–Trinajstić information content (AvgIpc) is 3.00. The van der Waals surface area contributed by atoms with Crippen LogP contribution in [0.5, 0.6) is 5.75 Å². The SMILES string of the molecule is C[C@H]1C[C@H](C)CN(C(=O)Cn2cc(COc3ccccc3F)nn2)C1. The van der Waals surface area contributed by atoms with E-state index in [1.54, 1.807) is 24.4 Å². The summed E-state index contributed by atoms with van der Waals surface area (Å²) >= 11 is 0. The van der Waals surface area contributed by atoms with Crippen LogP contribution in [-0.4, -0.2) is 38.9 Å². The molecule has 2 aromatic rings. The molecular formula is C18H23FN4O2. The van der Waals surface area contributed by atoms with Crippen LogP contribution in [0.1, 0.15) is 26.0 Å². The number of hydrogen-bond donors (Lipinski definition) is 0. The van der Waals surface area contributed by atoms with E-state index >= 15 is 0 Å². The highest BCUT2D eigenvalue weighted by atomic mass is 19.1. The van der Waals surface area contributed by atoms with Crippen molar-refractivity contribution < 1.29 is 13.9 Å². The zero-order chi connectivity index (χ0) is 17.8. The van der Waals surface area contributed by atoms with Crippen LogP contribution >= 0.6 is 0 Å². The Hall–Kier alpha value is -2.44. The van der Waals surface area contributed by atoms with Crippen LogP contribution in [0.25, 0.3) is 0 Å². The summed E-state index contributed by atoms with van der Waals surface area (Å²) in [5.41, 5.74) is 0.552. The fraction of sp³-hybridized carbons (Fsp3) is 0.500. The lowest BCUT2D eigenvalue weighted by Gasteiger charge is -2.34. The standard InChI is InChI=1S/C18H23FN4O2/c1-13-7-14(2)9-22(8-13)18(24)11-23-10-15(20-21-23)12-25-17-6-4-3-5-16(17)19/h3-6,10,13-14H,7-9,11-12H2,1-2H3/t13-,14-/m0/s1. The van der Waals surface area contributed by atoms with Crippen molar-refractivity contribution in [1.29, 1.82) is 0 Å². The number of likely N-dealkylation sites (tertiary alicyclic amines) is 1. The fourth-order valence-electron chi connectivity index (χ4n) is 3.30. The molecule has 1 saturated heterocycles. The molecule has 1 aromatic heterocycles. The van der Waals surface area contributed by atoms with Crippen molar-refractivity contribution in [3.63, 3.8) is 0 Å². The second kappa shape index (κ2) is 7.63. The third-order valence-corrected chi connectivity index (χ3v) is 4.32. The van der Waals surface area contributed by atoms with Gasteiger partial charge < -0.3 is 9.64 Å². The monoisotopic (exact) mass is 346 g/mol. The van der Waals surface area contributed by atoms with E-state index in [0.717, 1.165) is 19.5 Å². The number of carbonyl (C=O) groups excluding carboxylic acids is 1. The molecule has 1 aliphatic heterocycles. The van der Waals surface area contributed by atoms with Crippen molar-refractivity contribution >= 4 is 5.91 Å². The van der Waals surface area contributed by atoms with E-state index in [-0.39, 0.29) is 24.8 Å². The maximum absolute atomic E-state index is 13.5. The zero-order valence-electron chi connectivity index (χ0n) is 14.6. The number of carbonyl (C=O) groups is 1. The van der Waals surface area contributed by atoms with E-state index < -0.39 is 5.82 Å². The van der Waals surface area contributed by atoms with Crippen molar-refractivity contribution in [2.75, 3.05) is 13.1 Å². The number of hydrogen-bond acceptors (Lipinski definition) is 4. The molecule has 25 heavy (non-hydrogen) atoms. The Balaban J connectivity index is 1.54.